The zero-order chi connectivity index (χ0) is 21.7. The Morgan fingerprint density at radius 2 is 1.87 bits per heavy atom. The van der Waals surface area contributed by atoms with Crippen LogP contribution in [0, 0.1) is 17.0 Å². The Kier molecular flexibility index (Phi) is 4.50. The molecule has 5 rings (SSSR count). The lowest BCUT2D eigenvalue weighted by molar-refractivity contribution is -0.384. The number of aryl methyl sites for hydroxylation is 1. The summed E-state index contributed by atoms with van der Waals surface area (Å²) in [5.74, 6) is 0.709. The molecule has 8 nitrogen and oxygen atoms in total. The predicted octanol–water partition coefficient (Wildman–Crippen LogP) is 4.16. The van der Waals surface area contributed by atoms with Crippen LogP contribution in [0.5, 0.6) is 11.5 Å². The van der Waals surface area contributed by atoms with Crippen molar-refractivity contribution in [1.82, 2.24) is 0 Å². The van der Waals surface area contributed by atoms with Crippen molar-refractivity contribution in [2.45, 2.75) is 38.5 Å². The van der Waals surface area contributed by atoms with Crippen molar-refractivity contribution in [3.8, 4) is 11.5 Å². The summed E-state index contributed by atoms with van der Waals surface area (Å²) < 4.78 is 10.9. The third-order valence-electron chi connectivity index (χ3n) is 6.12. The van der Waals surface area contributed by atoms with Crippen molar-refractivity contribution in [1.29, 1.82) is 0 Å². The van der Waals surface area contributed by atoms with E-state index in [1.54, 1.807) is 19.1 Å². The van der Waals surface area contributed by atoms with E-state index in [0.29, 0.717) is 47.7 Å². The second-order valence-corrected chi connectivity index (χ2v) is 7.96. The lowest BCUT2D eigenvalue weighted by Crippen LogP contribution is -2.40. The molecular weight excluding hydrogens is 400 g/mol. The Hall–Kier alpha value is -3.68. The van der Waals surface area contributed by atoms with Crippen LogP contribution >= 0.6 is 0 Å². The minimum Gasteiger partial charge on any atom is -0.454 e. The first-order valence-corrected chi connectivity index (χ1v) is 10.2. The molecule has 2 aliphatic heterocycles. The molecule has 0 spiro atoms. The molecule has 0 N–H and O–H groups in total. The first-order valence-electron chi connectivity index (χ1n) is 10.2. The highest BCUT2D eigenvalue weighted by molar-refractivity contribution is 6.07. The maximum atomic E-state index is 13.4. The smallest absolute Gasteiger partial charge is 0.271 e. The van der Waals surface area contributed by atoms with Gasteiger partial charge < -0.3 is 9.47 Å². The van der Waals surface area contributed by atoms with Gasteiger partial charge in [0.05, 0.1) is 10.6 Å². The van der Waals surface area contributed by atoms with Crippen LogP contribution in [0.3, 0.4) is 0 Å². The second-order valence-electron chi connectivity index (χ2n) is 7.96. The SMILES string of the molecule is Cc1ccc([N+](=O)[O-])cc1N1C(=O)CC(c2ccc3c(c2)OCO3)C2=C1CCCC2=O. The molecule has 2 heterocycles. The van der Waals surface area contributed by atoms with Gasteiger partial charge in [-0.1, -0.05) is 12.1 Å². The highest BCUT2D eigenvalue weighted by atomic mass is 16.7. The average Bonchev–Trinajstić information content (AvgIpc) is 3.22. The van der Waals surface area contributed by atoms with Crippen LogP contribution < -0.4 is 14.4 Å². The van der Waals surface area contributed by atoms with Crippen molar-refractivity contribution in [3.05, 3.63) is 68.9 Å². The molecule has 0 bridgehead atoms. The molecule has 1 unspecified atom stereocenters. The number of fused-ring (bicyclic) bond motifs is 1. The van der Waals surface area contributed by atoms with E-state index in [2.05, 4.69) is 0 Å². The molecule has 1 atom stereocenters. The highest BCUT2D eigenvalue weighted by Crippen LogP contribution is 2.46. The van der Waals surface area contributed by atoms with E-state index < -0.39 is 4.92 Å². The molecule has 0 aromatic heterocycles. The van der Waals surface area contributed by atoms with Crippen LogP contribution in [-0.2, 0) is 9.59 Å². The topological polar surface area (TPSA) is 99.0 Å². The van der Waals surface area contributed by atoms with Crippen LogP contribution in [-0.4, -0.2) is 23.4 Å². The highest BCUT2D eigenvalue weighted by Gasteiger charge is 2.40. The fourth-order valence-electron chi connectivity index (χ4n) is 4.64. The van der Waals surface area contributed by atoms with Gasteiger partial charge in [-0.3, -0.25) is 24.6 Å². The third kappa shape index (κ3) is 3.15. The molecular formula is C23H20N2O6. The van der Waals surface area contributed by atoms with Gasteiger partial charge in [-0.05, 0) is 43.0 Å². The third-order valence-corrected chi connectivity index (χ3v) is 6.12. The van der Waals surface area contributed by atoms with Crippen molar-refractivity contribution < 1.29 is 24.0 Å². The minimum atomic E-state index is -0.478. The van der Waals surface area contributed by atoms with E-state index in [-0.39, 0.29) is 36.5 Å². The molecule has 1 aliphatic carbocycles. The zero-order valence-corrected chi connectivity index (χ0v) is 16.9. The number of hydrogen-bond acceptors (Lipinski definition) is 6. The summed E-state index contributed by atoms with van der Waals surface area (Å²) in [5, 5.41) is 11.3. The van der Waals surface area contributed by atoms with E-state index in [1.807, 2.05) is 12.1 Å². The summed E-state index contributed by atoms with van der Waals surface area (Å²) in [6.45, 7) is 1.95. The van der Waals surface area contributed by atoms with Gasteiger partial charge in [0.25, 0.3) is 5.69 Å². The number of amides is 1. The lowest BCUT2D eigenvalue weighted by Gasteiger charge is -2.38. The molecule has 158 valence electrons. The van der Waals surface area contributed by atoms with Gasteiger partial charge in [0.2, 0.25) is 12.7 Å². The fraction of sp³-hybridized carbons (Fsp3) is 0.304. The Morgan fingerprint density at radius 3 is 2.68 bits per heavy atom. The number of anilines is 1. The van der Waals surface area contributed by atoms with Crippen LogP contribution in [0.4, 0.5) is 11.4 Å². The summed E-state index contributed by atoms with van der Waals surface area (Å²) in [6, 6.07) is 9.97. The molecule has 2 aromatic rings. The number of ketones is 1. The Labute approximate surface area is 178 Å². The second kappa shape index (κ2) is 7.23. The molecule has 2 aromatic carbocycles. The van der Waals surface area contributed by atoms with Crippen LogP contribution in [0.25, 0.3) is 0 Å². The van der Waals surface area contributed by atoms with Gasteiger partial charge in [0.15, 0.2) is 17.3 Å². The van der Waals surface area contributed by atoms with Gasteiger partial charge in [-0.25, -0.2) is 0 Å². The fourth-order valence-corrected chi connectivity index (χ4v) is 4.64. The Bertz CT molecular complexity index is 1170. The van der Waals surface area contributed by atoms with Crippen LogP contribution in [0.15, 0.2) is 47.7 Å². The summed E-state index contributed by atoms with van der Waals surface area (Å²) in [6.07, 6.45) is 1.74. The Balaban J connectivity index is 1.65. The number of non-ortho nitro benzene ring substituents is 1. The summed E-state index contributed by atoms with van der Waals surface area (Å²) in [7, 11) is 0. The Morgan fingerprint density at radius 1 is 1.06 bits per heavy atom. The number of allylic oxidation sites excluding steroid dienone is 2. The number of nitro groups is 1. The number of nitrogens with zero attached hydrogens (tertiary/aromatic N) is 2. The van der Waals surface area contributed by atoms with E-state index in [1.165, 1.54) is 17.0 Å². The number of hydrogen-bond donors (Lipinski definition) is 0. The van der Waals surface area contributed by atoms with Crippen LogP contribution in [0.2, 0.25) is 0 Å². The van der Waals surface area contributed by atoms with Gasteiger partial charge in [0, 0.05) is 42.2 Å². The molecule has 3 aliphatic rings. The van der Waals surface area contributed by atoms with Gasteiger partial charge in [-0.15, -0.1) is 0 Å². The number of benzene rings is 2. The number of Topliss-reactive ketones (excluding diaryl/α,β-unsaturated/α-hetero) is 1. The van der Waals surface area contributed by atoms with Crippen molar-refractivity contribution in [3.63, 3.8) is 0 Å². The van der Waals surface area contributed by atoms with Crippen molar-refractivity contribution in [2.75, 3.05) is 11.7 Å². The maximum absolute atomic E-state index is 13.4. The molecule has 0 saturated heterocycles. The van der Waals surface area contributed by atoms with E-state index in [9.17, 15) is 19.7 Å². The maximum Gasteiger partial charge on any atom is 0.271 e. The molecule has 0 saturated carbocycles. The minimum absolute atomic E-state index is 0.0181. The summed E-state index contributed by atoms with van der Waals surface area (Å²) >= 11 is 0. The van der Waals surface area contributed by atoms with Gasteiger partial charge >= 0.3 is 0 Å². The monoisotopic (exact) mass is 420 g/mol. The summed E-state index contributed by atoms with van der Waals surface area (Å²) in [5.41, 5.74) is 3.22. The van der Waals surface area contributed by atoms with E-state index in [0.717, 1.165) is 11.1 Å². The molecule has 0 fully saturated rings. The number of nitro benzene ring substituents is 1. The summed E-state index contributed by atoms with van der Waals surface area (Å²) in [4.78, 5) is 38.7. The molecule has 31 heavy (non-hydrogen) atoms. The predicted molar refractivity (Wildman–Crippen MR) is 111 cm³/mol. The quantitative estimate of drug-likeness (QED) is 0.546. The van der Waals surface area contributed by atoms with Crippen LogP contribution in [0.1, 0.15) is 42.7 Å². The van der Waals surface area contributed by atoms with Crippen molar-refractivity contribution >= 4 is 23.1 Å². The molecule has 1 amide bonds. The molecule has 8 heteroatoms. The number of ether oxygens (including phenoxy) is 2. The largest absolute Gasteiger partial charge is 0.454 e. The van der Waals surface area contributed by atoms with Gasteiger partial charge in [-0.2, -0.15) is 0 Å². The number of rotatable bonds is 3. The number of carbonyl (C=O) groups is 2. The lowest BCUT2D eigenvalue weighted by atomic mass is 9.77. The average molecular weight is 420 g/mol. The van der Waals surface area contributed by atoms with Gasteiger partial charge in [0.1, 0.15) is 0 Å². The first kappa shape index (κ1) is 19.3. The standard InChI is InChI=1S/C23H20N2O6/c1-13-5-7-15(25(28)29)10-18(13)24-17-3-2-4-19(26)23(17)16(11-22(24)27)14-6-8-20-21(9-14)31-12-30-20/h5-10,16H,2-4,11-12H2,1H3. The van der Waals surface area contributed by atoms with Crippen molar-refractivity contribution in [2.24, 2.45) is 0 Å². The zero-order valence-electron chi connectivity index (χ0n) is 16.9. The normalized spacial score (nSPS) is 20.2. The number of carbonyl (C=O) groups excluding carboxylic acids is 2. The molecule has 0 radical (unpaired) electrons. The first-order chi connectivity index (χ1) is 14.9. The van der Waals surface area contributed by atoms with E-state index in [4.69, 9.17) is 9.47 Å². The van der Waals surface area contributed by atoms with E-state index >= 15 is 0 Å².